The first-order valence-electron chi connectivity index (χ1n) is 7.33. The maximum absolute atomic E-state index is 11.5. The first kappa shape index (κ1) is 15.4. The minimum absolute atomic E-state index is 0.0759. The van der Waals surface area contributed by atoms with Gasteiger partial charge in [0, 0.05) is 19.8 Å². The Balaban J connectivity index is 1.95. The Morgan fingerprint density at radius 1 is 1.33 bits per heavy atom. The summed E-state index contributed by atoms with van der Waals surface area (Å²) in [6, 6.07) is -0.0759. The molecule has 0 aromatic carbocycles. The number of likely N-dealkylation sites (N-methyl/N-ethyl adjacent to an activating group) is 1. The Bertz CT molecular complexity index is 228. The van der Waals surface area contributed by atoms with Gasteiger partial charge >= 0.3 is 0 Å². The fourth-order valence-electron chi connectivity index (χ4n) is 2.33. The molecule has 1 amide bonds. The number of nitrogens with one attached hydrogen (secondary N) is 2. The first-order chi connectivity index (χ1) is 8.74. The predicted molar refractivity (Wildman–Crippen MR) is 73.5 cm³/mol. The summed E-state index contributed by atoms with van der Waals surface area (Å²) in [5, 5.41) is 6.09. The van der Waals surface area contributed by atoms with Crippen LogP contribution in [0, 0.1) is 5.92 Å². The second kappa shape index (κ2) is 9.34. The number of carbonyl (C=O) groups excluding carboxylic acids is 1. The highest BCUT2D eigenvalue weighted by molar-refractivity contribution is 5.81. The van der Waals surface area contributed by atoms with E-state index in [4.69, 9.17) is 4.74 Å². The zero-order valence-corrected chi connectivity index (χ0v) is 11.8. The minimum Gasteiger partial charge on any atom is -0.381 e. The zero-order valence-electron chi connectivity index (χ0n) is 11.8. The van der Waals surface area contributed by atoms with Crippen molar-refractivity contribution in [2.45, 2.75) is 52.0 Å². The molecule has 0 saturated carbocycles. The molecule has 18 heavy (non-hydrogen) atoms. The van der Waals surface area contributed by atoms with Gasteiger partial charge < -0.3 is 15.4 Å². The number of rotatable bonds is 8. The number of unbranched alkanes of at least 4 members (excludes halogenated alkanes) is 1. The van der Waals surface area contributed by atoms with Gasteiger partial charge in [-0.1, -0.05) is 12.8 Å². The molecule has 1 aliphatic rings. The summed E-state index contributed by atoms with van der Waals surface area (Å²) in [5.74, 6) is 0.960. The Hall–Kier alpha value is -0.610. The van der Waals surface area contributed by atoms with E-state index < -0.39 is 0 Å². The molecule has 0 aromatic heterocycles. The van der Waals surface area contributed by atoms with Crippen molar-refractivity contribution >= 4 is 5.91 Å². The minimum atomic E-state index is -0.0759. The molecule has 1 aliphatic heterocycles. The third-order valence-corrected chi connectivity index (χ3v) is 3.57. The molecule has 1 fully saturated rings. The van der Waals surface area contributed by atoms with Crippen LogP contribution in [0.5, 0.6) is 0 Å². The molecular formula is C14H28N2O2. The van der Waals surface area contributed by atoms with Crippen molar-refractivity contribution < 1.29 is 9.53 Å². The van der Waals surface area contributed by atoms with Crippen molar-refractivity contribution in [1.29, 1.82) is 0 Å². The molecule has 0 aliphatic carbocycles. The van der Waals surface area contributed by atoms with E-state index in [1.165, 1.54) is 25.7 Å². The summed E-state index contributed by atoms with van der Waals surface area (Å²) >= 11 is 0. The van der Waals surface area contributed by atoms with Gasteiger partial charge in [-0.05, 0) is 45.6 Å². The lowest BCUT2D eigenvalue weighted by Crippen LogP contribution is -2.42. The van der Waals surface area contributed by atoms with Gasteiger partial charge in [0.15, 0.2) is 0 Å². The predicted octanol–water partition coefficient (Wildman–Crippen LogP) is 1.70. The number of ether oxygens (including phenoxy) is 1. The topological polar surface area (TPSA) is 50.4 Å². The van der Waals surface area contributed by atoms with Crippen molar-refractivity contribution in [3.63, 3.8) is 0 Å². The Labute approximate surface area is 111 Å². The lowest BCUT2D eigenvalue weighted by atomic mass is 9.94. The van der Waals surface area contributed by atoms with Crippen LogP contribution in [-0.4, -0.2) is 38.3 Å². The van der Waals surface area contributed by atoms with Crippen LogP contribution in [0.1, 0.15) is 46.0 Å². The van der Waals surface area contributed by atoms with Gasteiger partial charge in [-0.25, -0.2) is 0 Å². The highest BCUT2D eigenvalue weighted by Gasteiger charge is 2.13. The van der Waals surface area contributed by atoms with Crippen LogP contribution >= 0.6 is 0 Å². The lowest BCUT2D eigenvalue weighted by molar-refractivity contribution is -0.122. The van der Waals surface area contributed by atoms with Crippen LogP contribution in [0.15, 0.2) is 0 Å². The molecule has 0 bridgehead atoms. The molecule has 0 radical (unpaired) electrons. The summed E-state index contributed by atoms with van der Waals surface area (Å²) in [6.45, 7) is 7.38. The third kappa shape index (κ3) is 6.36. The molecule has 4 heteroatoms. The van der Waals surface area contributed by atoms with E-state index in [0.29, 0.717) is 6.54 Å². The molecule has 0 aromatic rings. The quantitative estimate of drug-likeness (QED) is 0.650. The van der Waals surface area contributed by atoms with E-state index in [9.17, 15) is 4.79 Å². The standard InChI is InChI=1S/C14H28N2O2/c1-3-15-14(17)12(2)16-9-5-4-6-13-7-10-18-11-8-13/h12-13,16H,3-11H2,1-2H3,(H,15,17). The van der Waals surface area contributed by atoms with E-state index >= 15 is 0 Å². The first-order valence-corrected chi connectivity index (χ1v) is 7.33. The largest absolute Gasteiger partial charge is 0.381 e. The van der Waals surface area contributed by atoms with Gasteiger partial charge in [-0.3, -0.25) is 4.79 Å². The van der Waals surface area contributed by atoms with E-state index in [2.05, 4.69) is 10.6 Å². The molecular weight excluding hydrogens is 228 g/mol. The van der Waals surface area contributed by atoms with Gasteiger partial charge in [0.05, 0.1) is 6.04 Å². The van der Waals surface area contributed by atoms with Crippen LogP contribution < -0.4 is 10.6 Å². The van der Waals surface area contributed by atoms with Crippen molar-refractivity contribution in [3.05, 3.63) is 0 Å². The summed E-state index contributed by atoms with van der Waals surface area (Å²) in [6.07, 6.45) is 6.16. The van der Waals surface area contributed by atoms with Crippen molar-refractivity contribution in [2.24, 2.45) is 5.92 Å². The Kier molecular flexibility index (Phi) is 8.01. The second-order valence-corrected chi connectivity index (χ2v) is 5.12. The average molecular weight is 256 g/mol. The number of hydrogen-bond acceptors (Lipinski definition) is 3. The van der Waals surface area contributed by atoms with Gasteiger partial charge in [0.2, 0.25) is 5.91 Å². The molecule has 1 heterocycles. The highest BCUT2D eigenvalue weighted by Crippen LogP contribution is 2.20. The summed E-state index contributed by atoms with van der Waals surface area (Å²) in [4.78, 5) is 11.5. The monoisotopic (exact) mass is 256 g/mol. The molecule has 1 unspecified atom stereocenters. The molecule has 1 atom stereocenters. The van der Waals surface area contributed by atoms with Crippen molar-refractivity contribution in [2.75, 3.05) is 26.3 Å². The SMILES string of the molecule is CCNC(=O)C(C)NCCCCC1CCOCC1. The van der Waals surface area contributed by atoms with Crippen LogP contribution in [0.25, 0.3) is 0 Å². The van der Waals surface area contributed by atoms with Crippen molar-refractivity contribution in [3.8, 4) is 0 Å². The number of carbonyl (C=O) groups is 1. The van der Waals surface area contributed by atoms with E-state index in [1.807, 2.05) is 13.8 Å². The number of amides is 1. The summed E-state index contributed by atoms with van der Waals surface area (Å²) < 4.78 is 5.35. The summed E-state index contributed by atoms with van der Waals surface area (Å²) in [5.41, 5.74) is 0. The molecule has 2 N–H and O–H groups in total. The lowest BCUT2D eigenvalue weighted by Gasteiger charge is -2.21. The number of hydrogen-bond donors (Lipinski definition) is 2. The van der Waals surface area contributed by atoms with Gasteiger partial charge in [-0.2, -0.15) is 0 Å². The van der Waals surface area contributed by atoms with Crippen LogP contribution in [0.3, 0.4) is 0 Å². The zero-order chi connectivity index (χ0) is 13.2. The molecule has 1 saturated heterocycles. The highest BCUT2D eigenvalue weighted by atomic mass is 16.5. The fourth-order valence-corrected chi connectivity index (χ4v) is 2.33. The molecule has 106 valence electrons. The van der Waals surface area contributed by atoms with E-state index in [0.717, 1.165) is 32.1 Å². The van der Waals surface area contributed by atoms with Crippen LogP contribution in [-0.2, 0) is 9.53 Å². The van der Waals surface area contributed by atoms with Crippen molar-refractivity contribution in [1.82, 2.24) is 10.6 Å². The van der Waals surface area contributed by atoms with Crippen LogP contribution in [0.4, 0.5) is 0 Å². The van der Waals surface area contributed by atoms with Gasteiger partial charge in [-0.15, -0.1) is 0 Å². The normalized spacial score (nSPS) is 18.6. The molecule has 0 spiro atoms. The van der Waals surface area contributed by atoms with Gasteiger partial charge in [0.25, 0.3) is 0 Å². The maximum Gasteiger partial charge on any atom is 0.236 e. The van der Waals surface area contributed by atoms with E-state index in [1.54, 1.807) is 0 Å². The average Bonchev–Trinajstić information content (AvgIpc) is 2.39. The van der Waals surface area contributed by atoms with Gasteiger partial charge in [0.1, 0.15) is 0 Å². The second-order valence-electron chi connectivity index (χ2n) is 5.12. The van der Waals surface area contributed by atoms with E-state index in [-0.39, 0.29) is 11.9 Å². The molecule has 1 rings (SSSR count). The Morgan fingerprint density at radius 2 is 2.06 bits per heavy atom. The maximum atomic E-state index is 11.5. The smallest absolute Gasteiger partial charge is 0.236 e. The fraction of sp³-hybridized carbons (Fsp3) is 0.929. The molecule has 4 nitrogen and oxygen atoms in total. The summed E-state index contributed by atoms with van der Waals surface area (Å²) in [7, 11) is 0. The third-order valence-electron chi connectivity index (χ3n) is 3.57. The Morgan fingerprint density at radius 3 is 2.72 bits per heavy atom. The van der Waals surface area contributed by atoms with Crippen LogP contribution in [0.2, 0.25) is 0 Å².